The van der Waals surface area contributed by atoms with Crippen molar-refractivity contribution >= 4 is 0 Å². The van der Waals surface area contributed by atoms with Crippen LogP contribution in [0.1, 0.15) is 46.1 Å². The maximum atomic E-state index is 9.20. The highest BCUT2D eigenvalue weighted by Crippen LogP contribution is 2.37. The first-order valence-electron chi connectivity index (χ1n) is 8.40. The first kappa shape index (κ1) is 18.4. The van der Waals surface area contributed by atoms with Crippen LogP contribution in [0.4, 0.5) is 0 Å². The molecule has 4 nitrogen and oxygen atoms in total. The molecule has 1 saturated heterocycles. The topological polar surface area (TPSA) is 47.9 Å². The second kappa shape index (κ2) is 7.75. The van der Waals surface area contributed by atoms with E-state index in [2.05, 4.69) is 26.0 Å². The van der Waals surface area contributed by atoms with Crippen molar-refractivity contribution in [1.29, 1.82) is 0 Å². The van der Waals surface area contributed by atoms with E-state index in [0.717, 1.165) is 6.42 Å². The lowest BCUT2D eigenvalue weighted by Crippen LogP contribution is -2.51. The minimum Gasteiger partial charge on any atom is -0.396 e. The lowest BCUT2D eigenvalue weighted by atomic mass is 9.83. The second-order valence-corrected chi connectivity index (χ2v) is 7.46. The van der Waals surface area contributed by atoms with Gasteiger partial charge in [0.05, 0.1) is 25.4 Å². The number of aliphatic hydroxyl groups is 1. The Kier molecular flexibility index (Phi) is 6.20. The number of hydrogen-bond donors (Lipinski definition) is 1. The summed E-state index contributed by atoms with van der Waals surface area (Å²) in [7, 11) is 0. The average molecular weight is 322 g/mol. The van der Waals surface area contributed by atoms with Gasteiger partial charge in [0, 0.05) is 18.4 Å². The maximum Gasteiger partial charge on any atom is 0.163 e. The van der Waals surface area contributed by atoms with Gasteiger partial charge in [-0.25, -0.2) is 0 Å². The van der Waals surface area contributed by atoms with Crippen LogP contribution in [0.5, 0.6) is 0 Å². The van der Waals surface area contributed by atoms with Gasteiger partial charge in [-0.2, -0.15) is 0 Å². The van der Waals surface area contributed by atoms with Gasteiger partial charge in [0.2, 0.25) is 0 Å². The molecule has 0 amide bonds. The van der Waals surface area contributed by atoms with Gasteiger partial charge in [-0.15, -0.1) is 0 Å². The fraction of sp³-hybridized carbons (Fsp3) is 0.684. The van der Waals surface area contributed by atoms with E-state index in [1.807, 2.05) is 32.0 Å². The van der Waals surface area contributed by atoms with E-state index in [1.165, 1.54) is 5.56 Å². The molecule has 1 aromatic rings. The Balaban J connectivity index is 1.91. The summed E-state index contributed by atoms with van der Waals surface area (Å²) in [4.78, 5) is 0. The molecule has 1 aliphatic rings. The largest absolute Gasteiger partial charge is 0.396 e. The first-order chi connectivity index (χ1) is 10.8. The van der Waals surface area contributed by atoms with Gasteiger partial charge < -0.3 is 19.3 Å². The van der Waals surface area contributed by atoms with E-state index in [0.29, 0.717) is 19.6 Å². The molecule has 1 N–H and O–H groups in total. The summed E-state index contributed by atoms with van der Waals surface area (Å²) < 4.78 is 18.0. The minimum absolute atomic E-state index is 0.0298. The van der Waals surface area contributed by atoms with Crippen molar-refractivity contribution in [2.24, 2.45) is 5.41 Å². The van der Waals surface area contributed by atoms with Crippen LogP contribution >= 0.6 is 0 Å². The summed E-state index contributed by atoms with van der Waals surface area (Å²) in [5, 5.41) is 9.20. The fourth-order valence-corrected chi connectivity index (χ4v) is 3.01. The zero-order chi connectivity index (χ0) is 16.9. The summed E-state index contributed by atoms with van der Waals surface area (Å²) in [6.07, 6.45) is 1.50. The number of rotatable bonds is 7. The van der Waals surface area contributed by atoms with E-state index in [1.54, 1.807) is 0 Å². The lowest BCUT2D eigenvalue weighted by Gasteiger charge is -2.46. The molecule has 2 rings (SSSR count). The Morgan fingerprint density at radius 3 is 2.57 bits per heavy atom. The molecule has 0 saturated carbocycles. The van der Waals surface area contributed by atoms with Crippen molar-refractivity contribution in [2.75, 3.05) is 13.2 Å². The molecule has 1 aromatic carbocycles. The highest BCUT2D eigenvalue weighted by Gasteiger charge is 2.42. The molecule has 0 unspecified atom stereocenters. The van der Waals surface area contributed by atoms with E-state index < -0.39 is 5.79 Å². The summed E-state index contributed by atoms with van der Waals surface area (Å²) in [6, 6.07) is 10.2. The van der Waals surface area contributed by atoms with Gasteiger partial charge in [0.15, 0.2) is 5.79 Å². The van der Waals surface area contributed by atoms with Crippen molar-refractivity contribution in [3.05, 3.63) is 35.9 Å². The first-order valence-corrected chi connectivity index (χ1v) is 8.40. The van der Waals surface area contributed by atoms with Crippen molar-refractivity contribution in [3.63, 3.8) is 0 Å². The molecule has 2 atom stereocenters. The molecule has 23 heavy (non-hydrogen) atoms. The predicted molar refractivity (Wildman–Crippen MR) is 90.0 cm³/mol. The predicted octanol–water partition coefficient (Wildman–Crippen LogP) is 3.52. The van der Waals surface area contributed by atoms with Crippen molar-refractivity contribution < 1.29 is 19.3 Å². The fourth-order valence-electron chi connectivity index (χ4n) is 3.01. The second-order valence-electron chi connectivity index (χ2n) is 7.46. The van der Waals surface area contributed by atoms with Crippen LogP contribution in [-0.4, -0.2) is 36.3 Å². The van der Waals surface area contributed by atoms with Gasteiger partial charge in [0.25, 0.3) is 0 Å². The van der Waals surface area contributed by atoms with Crippen molar-refractivity contribution in [3.8, 4) is 0 Å². The summed E-state index contributed by atoms with van der Waals surface area (Å²) in [5.74, 6) is -0.626. The molecular weight excluding hydrogens is 292 g/mol. The van der Waals surface area contributed by atoms with Gasteiger partial charge in [-0.3, -0.25) is 0 Å². The summed E-state index contributed by atoms with van der Waals surface area (Å²) in [5.41, 5.74) is 1.05. The molecule has 1 fully saturated rings. The molecule has 1 aliphatic heterocycles. The highest BCUT2D eigenvalue weighted by molar-refractivity contribution is 5.13. The Morgan fingerprint density at radius 1 is 1.22 bits per heavy atom. The van der Waals surface area contributed by atoms with E-state index >= 15 is 0 Å². The third kappa shape index (κ3) is 5.57. The molecule has 0 radical (unpaired) electrons. The van der Waals surface area contributed by atoms with Crippen LogP contribution in [0, 0.1) is 5.41 Å². The molecule has 0 bridgehead atoms. The standard InChI is InChI=1S/C19H30O4/c1-18(2,14-21-13-15-8-6-5-7-9-15)17-12-16(10-11-20)22-19(3,4)23-17/h5-9,16-17,20H,10-14H2,1-4H3/t16-,17+/m1/s1. The highest BCUT2D eigenvalue weighted by atomic mass is 16.7. The van der Waals surface area contributed by atoms with Crippen LogP contribution in [0.2, 0.25) is 0 Å². The Morgan fingerprint density at radius 2 is 1.91 bits per heavy atom. The van der Waals surface area contributed by atoms with Crippen molar-refractivity contribution in [2.45, 2.75) is 65.1 Å². The summed E-state index contributed by atoms with van der Waals surface area (Å²) in [6.45, 7) is 9.57. The number of hydrogen-bond acceptors (Lipinski definition) is 4. The quantitative estimate of drug-likeness (QED) is 0.834. The van der Waals surface area contributed by atoms with Gasteiger partial charge in [-0.05, 0) is 25.8 Å². The van der Waals surface area contributed by atoms with E-state index in [9.17, 15) is 5.11 Å². The van der Waals surface area contributed by atoms with Crippen LogP contribution in [0.25, 0.3) is 0 Å². The van der Waals surface area contributed by atoms with Crippen LogP contribution in [0.15, 0.2) is 30.3 Å². The number of benzene rings is 1. The molecule has 0 aliphatic carbocycles. The third-order valence-corrected chi connectivity index (χ3v) is 4.26. The Hall–Kier alpha value is -0.940. The number of ether oxygens (including phenoxy) is 3. The smallest absolute Gasteiger partial charge is 0.163 e. The molecule has 130 valence electrons. The average Bonchev–Trinajstić information content (AvgIpc) is 2.47. The van der Waals surface area contributed by atoms with Crippen molar-refractivity contribution in [1.82, 2.24) is 0 Å². The monoisotopic (exact) mass is 322 g/mol. The van der Waals surface area contributed by atoms with Crippen LogP contribution < -0.4 is 0 Å². The maximum absolute atomic E-state index is 9.20. The summed E-state index contributed by atoms with van der Waals surface area (Å²) >= 11 is 0. The molecule has 4 heteroatoms. The SMILES string of the molecule is CC1(C)O[C@H](CCO)C[C@@H](C(C)(C)COCc2ccccc2)O1. The Bertz CT molecular complexity index is 470. The lowest BCUT2D eigenvalue weighted by molar-refractivity contribution is -0.320. The zero-order valence-electron chi connectivity index (χ0n) is 14.7. The van der Waals surface area contributed by atoms with Gasteiger partial charge >= 0.3 is 0 Å². The van der Waals surface area contributed by atoms with E-state index in [-0.39, 0.29) is 24.2 Å². The van der Waals surface area contributed by atoms with Gasteiger partial charge in [-0.1, -0.05) is 44.2 Å². The molecule has 0 aromatic heterocycles. The third-order valence-electron chi connectivity index (χ3n) is 4.26. The van der Waals surface area contributed by atoms with Crippen LogP contribution in [0.3, 0.4) is 0 Å². The van der Waals surface area contributed by atoms with Crippen LogP contribution in [-0.2, 0) is 20.8 Å². The van der Waals surface area contributed by atoms with Gasteiger partial charge in [0.1, 0.15) is 0 Å². The minimum atomic E-state index is -0.626. The number of aliphatic hydroxyl groups excluding tert-OH is 1. The Labute approximate surface area is 139 Å². The normalized spacial score (nSPS) is 24.6. The molecular formula is C19H30O4. The zero-order valence-corrected chi connectivity index (χ0v) is 14.7. The molecule has 1 heterocycles. The molecule has 0 spiro atoms. The van der Waals surface area contributed by atoms with E-state index in [4.69, 9.17) is 14.2 Å².